The third kappa shape index (κ3) is 3.86. The molecule has 158 valence electrons. The first-order chi connectivity index (χ1) is 15.6. The monoisotopic (exact) mass is 442 g/mol. The molecule has 2 aromatic carbocycles. The maximum absolute atomic E-state index is 13.3. The number of fused-ring (bicyclic) bond motifs is 1. The molecule has 0 spiro atoms. The van der Waals surface area contributed by atoms with E-state index < -0.39 is 0 Å². The number of aromatic nitrogens is 5. The Morgan fingerprint density at radius 1 is 1.09 bits per heavy atom. The molecule has 5 aromatic rings. The van der Waals surface area contributed by atoms with Crippen LogP contribution in [0.4, 0.5) is 0 Å². The SMILES string of the molecule is CC(NC(=O)c1cn(-c2ccccc2)nc1-c1ccncc1)c1nc2ccc(Cl)cc2[nH]1. The Bertz CT molecular complexity index is 1390. The Morgan fingerprint density at radius 3 is 2.66 bits per heavy atom. The van der Waals surface area contributed by atoms with Gasteiger partial charge in [0.15, 0.2) is 0 Å². The summed E-state index contributed by atoms with van der Waals surface area (Å²) in [5.41, 5.74) is 4.33. The van der Waals surface area contributed by atoms with Gasteiger partial charge in [0.25, 0.3) is 5.91 Å². The number of aromatic amines is 1. The van der Waals surface area contributed by atoms with E-state index in [0.29, 0.717) is 22.1 Å². The van der Waals surface area contributed by atoms with E-state index in [1.165, 1.54) is 0 Å². The number of rotatable bonds is 5. The van der Waals surface area contributed by atoms with Gasteiger partial charge in [-0.2, -0.15) is 5.10 Å². The van der Waals surface area contributed by atoms with Crippen molar-refractivity contribution in [1.82, 2.24) is 30.0 Å². The normalized spacial score (nSPS) is 12.1. The average molecular weight is 443 g/mol. The molecule has 0 saturated heterocycles. The standard InChI is InChI=1S/C24H19ClN6O/c1-15(23-28-20-8-7-17(25)13-21(20)29-23)27-24(32)19-14-31(18-5-3-2-4-6-18)30-22(19)16-9-11-26-12-10-16/h2-15H,1H3,(H,27,32)(H,28,29). The fourth-order valence-electron chi connectivity index (χ4n) is 3.53. The molecule has 0 aliphatic carbocycles. The van der Waals surface area contributed by atoms with Crippen molar-refractivity contribution >= 4 is 28.5 Å². The van der Waals surface area contributed by atoms with Crippen molar-refractivity contribution in [1.29, 1.82) is 0 Å². The number of carbonyl (C=O) groups is 1. The molecule has 32 heavy (non-hydrogen) atoms. The lowest BCUT2D eigenvalue weighted by molar-refractivity contribution is 0.0939. The van der Waals surface area contributed by atoms with Crippen LogP contribution in [0.25, 0.3) is 28.0 Å². The quantitative estimate of drug-likeness (QED) is 0.403. The zero-order valence-electron chi connectivity index (χ0n) is 17.2. The lowest BCUT2D eigenvalue weighted by Crippen LogP contribution is -2.27. The second-order valence-corrected chi connectivity index (χ2v) is 7.82. The van der Waals surface area contributed by atoms with Crippen LogP contribution >= 0.6 is 11.6 Å². The molecule has 1 amide bonds. The van der Waals surface area contributed by atoms with Gasteiger partial charge in [-0.15, -0.1) is 0 Å². The molecule has 0 aliphatic heterocycles. The van der Waals surface area contributed by atoms with Crippen LogP contribution in [-0.2, 0) is 0 Å². The molecule has 7 nitrogen and oxygen atoms in total. The van der Waals surface area contributed by atoms with E-state index in [9.17, 15) is 4.79 Å². The number of imidazole rings is 1. The van der Waals surface area contributed by atoms with Gasteiger partial charge in [0.05, 0.1) is 28.3 Å². The van der Waals surface area contributed by atoms with Crippen molar-refractivity contribution in [3.05, 3.63) is 95.7 Å². The summed E-state index contributed by atoms with van der Waals surface area (Å²) in [7, 11) is 0. The fraction of sp³-hybridized carbons (Fsp3) is 0.0833. The molecule has 1 atom stereocenters. The maximum atomic E-state index is 13.3. The van der Waals surface area contributed by atoms with Crippen LogP contribution in [0.3, 0.4) is 0 Å². The Balaban J connectivity index is 1.48. The zero-order valence-corrected chi connectivity index (χ0v) is 17.9. The van der Waals surface area contributed by atoms with Crippen LogP contribution in [0.2, 0.25) is 5.02 Å². The van der Waals surface area contributed by atoms with Crippen LogP contribution in [0, 0.1) is 0 Å². The van der Waals surface area contributed by atoms with Gasteiger partial charge >= 0.3 is 0 Å². The molecule has 3 aromatic heterocycles. The average Bonchev–Trinajstić information content (AvgIpc) is 3.45. The van der Waals surface area contributed by atoms with Gasteiger partial charge in [0, 0.05) is 29.2 Å². The van der Waals surface area contributed by atoms with E-state index in [0.717, 1.165) is 22.3 Å². The number of benzene rings is 2. The number of nitrogens with zero attached hydrogens (tertiary/aromatic N) is 4. The number of hydrogen-bond donors (Lipinski definition) is 2. The highest BCUT2D eigenvalue weighted by Crippen LogP contribution is 2.25. The summed E-state index contributed by atoms with van der Waals surface area (Å²) >= 11 is 6.07. The maximum Gasteiger partial charge on any atom is 0.255 e. The Hall–Kier alpha value is -3.97. The van der Waals surface area contributed by atoms with Crippen molar-refractivity contribution < 1.29 is 4.79 Å². The molecular formula is C24H19ClN6O. The summed E-state index contributed by atoms with van der Waals surface area (Å²) in [5.74, 6) is 0.404. The Morgan fingerprint density at radius 2 is 1.88 bits per heavy atom. The predicted molar refractivity (Wildman–Crippen MR) is 124 cm³/mol. The van der Waals surface area contributed by atoms with Crippen molar-refractivity contribution in [2.24, 2.45) is 0 Å². The molecule has 0 radical (unpaired) electrons. The van der Waals surface area contributed by atoms with Crippen molar-refractivity contribution in [3.63, 3.8) is 0 Å². The molecule has 1 unspecified atom stereocenters. The first kappa shape index (κ1) is 20.0. The van der Waals surface area contributed by atoms with Gasteiger partial charge in [-0.1, -0.05) is 29.8 Å². The smallest absolute Gasteiger partial charge is 0.255 e. The van der Waals surface area contributed by atoms with Crippen LogP contribution in [0.15, 0.2) is 79.3 Å². The van der Waals surface area contributed by atoms with Gasteiger partial charge in [-0.25, -0.2) is 9.67 Å². The molecule has 2 N–H and O–H groups in total. The molecule has 0 bridgehead atoms. The van der Waals surface area contributed by atoms with Gasteiger partial charge in [0.1, 0.15) is 11.5 Å². The second kappa shape index (κ2) is 8.28. The number of hydrogen-bond acceptors (Lipinski definition) is 4. The minimum Gasteiger partial charge on any atom is -0.342 e. The van der Waals surface area contributed by atoms with Crippen LogP contribution < -0.4 is 5.32 Å². The van der Waals surface area contributed by atoms with E-state index in [-0.39, 0.29) is 11.9 Å². The number of carbonyl (C=O) groups excluding carboxylic acids is 1. The van der Waals surface area contributed by atoms with Crippen LogP contribution in [0.5, 0.6) is 0 Å². The van der Waals surface area contributed by atoms with Gasteiger partial charge in [0.2, 0.25) is 0 Å². The highest BCUT2D eigenvalue weighted by Gasteiger charge is 2.21. The molecule has 3 heterocycles. The van der Waals surface area contributed by atoms with Crippen molar-refractivity contribution in [3.8, 4) is 16.9 Å². The minimum absolute atomic E-state index is 0.245. The summed E-state index contributed by atoms with van der Waals surface area (Å²) in [6.45, 7) is 1.88. The molecule has 0 fully saturated rings. The summed E-state index contributed by atoms with van der Waals surface area (Å²) in [6, 6.07) is 18.4. The number of para-hydroxylation sites is 1. The molecule has 0 saturated carbocycles. The number of H-pyrrole nitrogens is 1. The third-order valence-corrected chi connectivity index (χ3v) is 5.39. The lowest BCUT2D eigenvalue weighted by atomic mass is 10.1. The first-order valence-corrected chi connectivity index (χ1v) is 10.5. The molecule has 8 heteroatoms. The third-order valence-electron chi connectivity index (χ3n) is 5.15. The number of pyridine rings is 1. The number of nitrogens with one attached hydrogen (secondary N) is 2. The minimum atomic E-state index is -0.348. The Labute approximate surface area is 189 Å². The van der Waals surface area contributed by atoms with E-state index >= 15 is 0 Å². The fourth-order valence-corrected chi connectivity index (χ4v) is 3.70. The zero-order chi connectivity index (χ0) is 22.1. The highest BCUT2D eigenvalue weighted by atomic mass is 35.5. The topological polar surface area (TPSA) is 88.5 Å². The van der Waals surface area contributed by atoms with Crippen LogP contribution in [0.1, 0.15) is 29.1 Å². The Kier molecular flexibility index (Phi) is 5.17. The summed E-state index contributed by atoms with van der Waals surface area (Å²) < 4.78 is 1.71. The number of amides is 1. The highest BCUT2D eigenvalue weighted by molar-refractivity contribution is 6.31. The predicted octanol–water partition coefficient (Wildman–Crippen LogP) is 4.96. The van der Waals surface area contributed by atoms with Crippen LogP contribution in [-0.4, -0.2) is 30.6 Å². The van der Waals surface area contributed by atoms with Gasteiger partial charge in [-0.3, -0.25) is 9.78 Å². The van der Waals surface area contributed by atoms with E-state index in [1.54, 1.807) is 29.3 Å². The van der Waals surface area contributed by atoms with Crippen molar-refractivity contribution in [2.75, 3.05) is 0 Å². The lowest BCUT2D eigenvalue weighted by Gasteiger charge is -2.11. The summed E-state index contributed by atoms with van der Waals surface area (Å²) in [4.78, 5) is 25.2. The van der Waals surface area contributed by atoms with E-state index in [1.807, 2.05) is 61.5 Å². The summed E-state index contributed by atoms with van der Waals surface area (Å²) in [6.07, 6.45) is 5.10. The molecule has 0 aliphatic rings. The molecule has 5 rings (SSSR count). The summed E-state index contributed by atoms with van der Waals surface area (Å²) in [5, 5.41) is 8.34. The first-order valence-electron chi connectivity index (χ1n) is 10.1. The van der Waals surface area contributed by atoms with Crippen molar-refractivity contribution in [2.45, 2.75) is 13.0 Å². The van der Waals surface area contributed by atoms with E-state index in [4.69, 9.17) is 11.6 Å². The largest absolute Gasteiger partial charge is 0.342 e. The van der Waals surface area contributed by atoms with E-state index in [2.05, 4.69) is 25.4 Å². The molecular weight excluding hydrogens is 424 g/mol. The van der Waals surface area contributed by atoms with Gasteiger partial charge in [-0.05, 0) is 49.4 Å². The van der Waals surface area contributed by atoms with Gasteiger partial charge < -0.3 is 10.3 Å². The second-order valence-electron chi connectivity index (χ2n) is 7.39. The number of halogens is 1.